The molecule has 1 aliphatic rings. The fraction of sp³-hybridized carbons (Fsp3) is 0.375. The van der Waals surface area contributed by atoms with Crippen LogP contribution in [0.1, 0.15) is 31.7 Å². The third kappa shape index (κ3) is 4.51. The average Bonchev–Trinajstić information content (AvgIpc) is 3.08. The summed E-state index contributed by atoms with van der Waals surface area (Å²) < 4.78 is 6.17. The minimum Gasteiger partial charge on any atom is -0.507 e. The van der Waals surface area contributed by atoms with E-state index in [0.717, 1.165) is 6.54 Å². The predicted octanol–water partition coefficient (Wildman–Crippen LogP) is 4.55. The first kappa shape index (κ1) is 25.2. The van der Waals surface area contributed by atoms with Crippen molar-refractivity contribution in [1.82, 2.24) is 4.90 Å². The summed E-state index contributed by atoms with van der Waals surface area (Å²) in [6.07, 6.45) is 0.664. The molecule has 3 aromatic rings. The maximum atomic E-state index is 13.0. The summed E-state index contributed by atoms with van der Waals surface area (Å²) in [5.41, 5.74) is 1.31. The van der Waals surface area contributed by atoms with Gasteiger partial charge < -0.3 is 30.0 Å². The Balaban J connectivity index is 0.00000306. The molecule has 9 heteroatoms. The van der Waals surface area contributed by atoms with Crippen molar-refractivity contribution >= 4 is 40.7 Å². The number of phenolic OH excluding ortho intramolecular Hbond substituents is 2. The van der Waals surface area contributed by atoms with Crippen molar-refractivity contribution in [3.05, 3.63) is 51.1 Å². The number of benzene rings is 2. The van der Waals surface area contributed by atoms with Crippen LogP contribution in [0.4, 0.5) is 5.69 Å². The Morgan fingerprint density at radius 3 is 2.64 bits per heavy atom. The number of likely N-dealkylation sites (N-methyl/N-ethyl adjacent to an activating group) is 1. The number of anilines is 1. The maximum absolute atomic E-state index is 13.0. The first-order chi connectivity index (χ1) is 15.2. The number of hydrogen-bond donors (Lipinski definition) is 4. The Morgan fingerprint density at radius 1 is 1.24 bits per heavy atom. The molecule has 0 aliphatic carbocycles. The van der Waals surface area contributed by atoms with E-state index in [1.807, 2.05) is 37.9 Å². The molecule has 0 bridgehead atoms. The van der Waals surface area contributed by atoms with E-state index >= 15 is 0 Å². The SMILES string of the molecule is CC(C)Nc1cccc(-c2cc(=O)c3c(O)cc(O)c([C@H]4CCN(C)[C@@H]4CO)c3o2)c1Cl.Cl. The van der Waals surface area contributed by atoms with Crippen LogP contribution in [0.3, 0.4) is 0 Å². The Morgan fingerprint density at radius 2 is 1.97 bits per heavy atom. The third-order valence-corrected chi connectivity index (χ3v) is 6.49. The van der Waals surface area contributed by atoms with E-state index in [9.17, 15) is 20.1 Å². The van der Waals surface area contributed by atoms with Crippen LogP contribution in [0.15, 0.2) is 39.5 Å². The number of hydrogen-bond acceptors (Lipinski definition) is 7. The van der Waals surface area contributed by atoms with Gasteiger partial charge in [-0.15, -0.1) is 12.4 Å². The van der Waals surface area contributed by atoms with E-state index in [2.05, 4.69) is 5.32 Å². The standard InChI is InChI=1S/C24H27ClN2O5.ClH/c1-12(2)26-15-6-4-5-14(23(15)25)20-10-19(31)22-18(30)9-17(29)21(24(22)32-20)13-7-8-27(3)16(13)11-28;/h4-6,9-10,12-13,16,26,28-30H,7-8,11H2,1-3H3;1H/t13-,16+;/m0./s1. The highest BCUT2D eigenvalue weighted by molar-refractivity contribution is 6.35. The summed E-state index contributed by atoms with van der Waals surface area (Å²) >= 11 is 6.62. The van der Waals surface area contributed by atoms with Crippen molar-refractivity contribution in [3.8, 4) is 22.8 Å². The molecule has 2 heterocycles. The van der Waals surface area contributed by atoms with E-state index in [4.69, 9.17) is 16.0 Å². The van der Waals surface area contributed by atoms with Crippen LogP contribution in [-0.4, -0.2) is 52.5 Å². The number of likely N-dealkylation sites (tertiary alicyclic amines) is 1. The summed E-state index contributed by atoms with van der Waals surface area (Å²) in [4.78, 5) is 15.0. The largest absolute Gasteiger partial charge is 0.507 e. The van der Waals surface area contributed by atoms with E-state index in [0.29, 0.717) is 28.3 Å². The van der Waals surface area contributed by atoms with Gasteiger partial charge >= 0.3 is 0 Å². The lowest BCUT2D eigenvalue weighted by Crippen LogP contribution is -2.32. The molecule has 33 heavy (non-hydrogen) atoms. The van der Waals surface area contributed by atoms with Crippen molar-refractivity contribution in [3.63, 3.8) is 0 Å². The van der Waals surface area contributed by atoms with Crippen LogP contribution in [-0.2, 0) is 0 Å². The first-order valence-corrected chi connectivity index (χ1v) is 11.0. The number of aliphatic hydroxyl groups is 1. The Kier molecular flexibility index (Phi) is 7.49. The molecule has 1 fully saturated rings. The number of aliphatic hydroxyl groups excluding tert-OH is 1. The van der Waals surface area contributed by atoms with E-state index in [1.165, 1.54) is 12.1 Å². The molecule has 7 nitrogen and oxygen atoms in total. The normalized spacial score (nSPS) is 18.6. The number of nitrogens with one attached hydrogen (secondary N) is 1. The lowest BCUT2D eigenvalue weighted by Gasteiger charge is -2.24. The highest BCUT2D eigenvalue weighted by Crippen LogP contribution is 2.45. The Bertz CT molecular complexity index is 1230. The predicted molar refractivity (Wildman–Crippen MR) is 133 cm³/mol. The summed E-state index contributed by atoms with van der Waals surface area (Å²) in [6.45, 7) is 4.60. The summed E-state index contributed by atoms with van der Waals surface area (Å²) in [5.74, 6) is -0.556. The summed E-state index contributed by atoms with van der Waals surface area (Å²) in [7, 11) is 1.90. The number of fused-ring (bicyclic) bond motifs is 1. The average molecular weight is 495 g/mol. The smallest absolute Gasteiger partial charge is 0.197 e. The van der Waals surface area contributed by atoms with E-state index in [-0.39, 0.29) is 65.2 Å². The van der Waals surface area contributed by atoms with Crippen molar-refractivity contribution in [2.24, 2.45) is 0 Å². The highest BCUT2D eigenvalue weighted by Gasteiger charge is 2.36. The van der Waals surface area contributed by atoms with Gasteiger partial charge in [0.1, 0.15) is 28.2 Å². The monoisotopic (exact) mass is 494 g/mol. The zero-order chi connectivity index (χ0) is 23.2. The quantitative estimate of drug-likeness (QED) is 0.412. The number of aromatic hydroxyl groups is 2. The molecule has 4 N–H and O–H groups in total. The van der Waals surface area contributed by atoms with Crippen LogP contribution >= 0.6 is 24.0 Å². The van der Waals surface area contributed by atoms with Gasteiger partial charge in [-0.3, -0.25) is 4.79 Å². The molecule has 2 atom stereocenters. The molecule has 0 saturated carbocycles. The van der Waals surface area contributed by atoms with E-state index < -0.39 is 5.43 Å². The number of phenols is 2. The topological polar surface area (TPSA) is 106 Å². The second kappa shape index (κ2) is 9.81. The number of nitrogens with zero attached hydrogens (tertiary/aromatic N) is 1. The minimum atomic E-state index is -0.440. The zero-order valence-electron chi connectivity index (χ0n) is 18.6. The van der Waals surface area contributed by atoms with Gasteiger partial charge in [0.25, 0.3) is 0 Å². The minimum absolute atomic E-state index is 0. The van der Waals surface area contributed by atoms with Crippen LogP contribution in [0.2, 0.25) is 5.02 Å². The molecular weight excluding hydrogens is 467 g/mol. The zero-order valence-corrected chi connectivity index (χ0v) is 20.2. The van der Waals surface area contributed by atoms with E-state index in [1.54, 1.807) is 6.07 Å². The van der Waals surface area contributed by atoms with Crippen molar-refractivity contribution in [1.29, 1.82) is 0 Å². The van der Waals surface area contributed by atoms with Crippen molar-refractivity contribution in [2.75, 3.05) is 25.5 Å². The molecule has 178 valence electrons. The van der Waals surface area contributed by atoms with Gasteiger partial charge in [0, 0.05) is 41.3 Å². The molecule has 1 aromatic heterocycles. The fourth-order valence-electron chi connectivity index (χ4n) is 4.57. The molecule has 0 unspecified atom stereocenters. The fourth-order valence-corrected chi connectivity index (χ4v) is 4.84. The maximum Gasteiger partial charge on any atom is 0.197 e. The van der Waals surface area contributed by atoms with Crippen LogP contribution in [0, 0.1) is 0 Å². The molecule has 4 rings (SSSR count). The van der Waals surface area contributed by atoms with Gasteiger partial charge in [0.05, 0.1) is 17.3 Å². The van der Waals surface area contributed by atoms with Crippen LogP contribution in [0.5, 0.6) is 11.5 Å². The third-order valence-electron chi connectivity index (χ3n) is 6.09. The van der Waals surface area contributed by atoms with Gasteiger partial charge in [-0.25, -0.2) is 0 Å². The van der Waals surface area contributed by atoms with Gasteiger partial charge in [-0.2, -0.15) is 0 Å². The van der Waals surface area contributed by atoms with Gasteiger partial charge in [-0.1, -0.05) is 17.7 Å². The van der Waals surface area contributed by atoms with Gasteiger partial charge in [-0.05, 0) is 46.0 Å². The van der Waals surface area contributed by atoms with Crippen LogP contribution in [0.25, 0.3) is 22.3 Å². The Labute approximate surface area is 203 Å². The van der Waals surface area contributed by atoms with Gasteiger partial charge in [0.2, 0.25) is 0 Å². The molecule has 1 saturated heterocycles. The van der Waals surface area contributed by atoms with Gasteiger partial charge in [0.15, 0.2) is 5.43 Å². The van der Waals surface area contributed by atoms with Crippen molar-refractivity contribution in [2.45, 2.75) is 38.3 Å². The second-order valence-electron chi connectivity index (χ2n) is 8.60. The molecule has 0 amide bonds. The van der Waals surface area contributed by atoms with Crippen LogP contribution < -0.4 is 10.7 Å². The number of halogens is 2. The van der Waals surface area contributed by atoms with Crippen molar-refractivity contribution < 1.29 is 19.7 Å². The first-order valence-electron chi connectivity index (χ1n) is 10.6. The molecule has 0 radical (unpaired) electrons. The highest BCUT2D eigenvalue weighted by atomic mass is 35.5. The Hall–Kier alpha value is -2.45. The summed E-state index contributed by atoms with van der Waals surface area (Å²) in [5, 5.41) is 34.8. The second-order valence-corrected chi connectivity index (χ2v) is 8.98. The lowest BCUT2D eigenvalue weighted by molar-refractivity contribution is 0.172. The molecule has 0 spiro atoms. The molecular formula is C24H28Cl2N2O5. The number of rotatable bonds is 5. The lowest BCUT2D eigenvalue weighted by atomic mass is 9.89. The molecule has 2 aromatic carbocycles. The summed E-state index contributed by atoms with van der Waals surface area (Å²) in [6, 6.07) is 7.78. The molecule has 1 aliphatic heterocycles.